The number of alkyl halides is 3. The second-order valence-corrected chi connectivity index (χ2v) is 9.82. The fourth-order valence-corrected chi connectivity index (χ4v) is 4.29. The topological polar surface area (TPSA) is 142 Å². The van der Waals surface area contributed by atoms with E-state index >= 15 is 0 Å². The summed E-state index contributed by atoms with van der Waals surface area (Å²) in [6, 6.07) is 6.89. The molecule has 1 unspecified atom stereocenters. The molecule has 0 saturated carbocycles. The van der Waals surface area contributed by atoms with Crippen molar-refractivity contribution in [3.8, 4) is 11.3 Å². The van der Waals surface area contributed by atoms with Gasteiger partial charge in [0.2, 0.25) is 5.91 Å². The van der Waals surface area contributed by atoms with Crippen LogP contribution in [0.15, 0.2) is 53.9 Å². The molecule has 11 nitrogen and oxygen atoms in total. The van der Waals surface area contributed by atoms with Crippen LogP contribution in [0.2, 0.25) is 0 Å². The number of nitrogens with zero attached hydrogens (tertiary/aromatic N) is 5. The first-order valence-electron chi connectivity index (χ1n) is 13.0. The lowest BCUT2D eigenvalue weighted by molar-refractivity contribution is -0.123. The van der Waals surface area contributed by atoms with E-state index in [1.807, 2.05) is 0 Å². The average molecular weight is 572 g/mol. The second-order valence-electron chi connectivity index (χ2n) is 9.82. The summed E-state index contributed by atoms with van der Waals surface area (Å²) in [5.41, 5.74) is 9.07. The van der Waals surface area contributed by atoms with Crippen molar-refractivity contribution >= 4 is 35.1 Å². The number of nitrogens with two attached hydrogens (primary N) is 1. The summed E-state index contributed by atoms with van der Waals surface area (Å²) in [5.74, 6) is -0.145. The third-order valence-electron chi connectivity index (χ3n) is 6.62. The number of nitrogens with one attached hydrogen (secondary N) is 3. The zero-order valence-electron chi connectivity index (χ0n) is 22.7. The molecule has 0 radical (unpaired) electrons. The quantitative estimate of drug-likeness (QED) is 0.306. The number of anilines is 1. The molecular formula is C27H32F3N9O2. The van der Waals surface area contributed by atoms with Crippen LogP contribution in [-0.2, 0) is 4.79 Å². The van der Waals surface area contributed by atoms with Crippen LogP contribution in [0.3, 0.4) is 0 Å². The normalized spacial score (nSPS) is 16.2. The summed E-state index contributed by atoms with van der Waals surface area (Å²) in [7, 11) is 2.06. The Labute approximate surface area is 234 Å². The van der Waals surface area contributed by atoms with E-state index in [-0.39, 0.29) is 11.9 Å². The number of benzene rings is 1. The van der Waals surface area contributed by atoms with Gasteiger partial charge in [0.25, 0.3) is 0 Å². The fraction of sp³-hybridized carbons (Fsp3) is 0.370. The first kappa shape index (κ1) is 29.5. The number of fused-ring (bicyclic) bond motifs is 1. The van der Waals surface area contributed by atoms with Gasteiger partial charge in [0.15, 0.2) is 5.65 Å². The lowest BCUT2D eigenvalue weighted by Crippen LogP contribution is -2.45. The van der Waals surface area contributed by atoms with Gasteiger partial charge >= 0.3 is 12.2 Å². The lowest BCUT2D eigenvalue weighted by Gasteiger charge is -2.29. The molecule has 3 heterocycles. The molecule has 3 amide bonds. The van der Waals surface area contributed by atoms with Gasteiger partial charge in [-0.1, -0.05) is 12.1 Å². The van der Waals surface area contributed by atoms with E-state index in [2.05, 4.69) is 37.7 Å². The number of allylic oxidation sites excluding steroid dienone is 1. The molecule has 4 rings (SSSR count). The van der Waals surface area contributed by atoms with Crippen LogP contribution >= 0.6 is 0 Å². The molecule has 1 aliphatic heterocycles. The van der Waals surface area contributed by atoms with Crippen molar-refractivity contribution in [2.24, 2.45) is 10.7 Å². The molecule has 1 fully saturated rings. The van der Waals surface area contributed by atoms with E-state index in [0.29, 0.717) is 33.7 Å². The Morgan fingerprint density at radius 2 is 1.98 bits per heavy atom. The van der Waals surface area contributed by atoms with Crippen LogP contribution in [-0.4, -0.2) is 82.6 Å². The van der Waals surface area contributed by atoms with Crippen molar-refractivity contribution in [2.75, 3.05) is 32.0 Å². The second kappa shape index (κ2) is 12.8. The van der Waals surface area contributed by atoms with Crippen molar-refractivity contribution < 1.29 is 22.8 Å². The van der Waals surface area contributed by atoms with E-state index in [1.165, 1.54) is 12.4 Å². The molecule has 41 heavy (non-hydrogen) atoms. The Morgan fingerprint density at radius 1 is 1.22 bits per heavy atom. The predicted octanol–water partition coefficient (Wildman–Crippen LogP) is 3.05. The number of aliphatic imine (C=N–C) groups is 1. The highest BCUT2D eigenvalue weighted by atomic mass is 19.4. The zero-order chi connectivity index (χ0) is 29.6. The van der Waals surface area contributed by atoms with Crippen molar-refractivity contribution in [3.63, 3.8) is 0 Å². The van der Waals surface area contributed by atoms with Crippen LogP contribution in [0.1, 0.15) is 25.3 Å². The highest BCUT2D eigenvalue weighted by Crippen LogP contribution is 2.24. The Balaban J connectivity index is 1.43. The SMILES string of the molecule is CC(N=CC(=CN)c1cnn2c(-c3cccc(NC(=O)NCC(F)(F)F)c3)cnc2c1)C(=O)NC1CCN(C)CC1. The number of hydrogen-bond donors (Lipinski definition) is 4. The van der Waals surface area contributed by atoms with Crippen LogP contribution in [0.5, 0.6) is 0 Å². The molecule has 5 N–H and O–H groups in total. The highest BCUT2D eigenvalue weighted by Gasteiger charge is 2.27. The van der Waals surface area contributed by atoms with Gasteiger partial charge in [-0.3, -0.25) is 9.79 Å². The number of rotatable bonds is 8. The number of halogens is 3. The number of imidazole rings is 1. The number of carbonyl (C=O) groups is 2. The first-order valence-corrected chi connectivity index (χ1v) is 13.0. The summed E-state index contributed by atoms with van der Waals surface area (Å²) >= 11 is 0. The van der Waals surface area contributed by atoms with E-state index < -0.39 is 24.8 Å². The summed E-state index contributed by atoms with van der Waals surface area (Å²) < 4.78 is 38.7. The van der Waals surface area contributed by atoms with Gasteiger partial charge in [-0.2, -0.15) is 18.3 Å². The standard InChI is InChI=1S/C27H32F3N9O2/c1-17(25(40)36-21-6-8-38(2)9-7-21)32-13-20(12-31)19-11-24-33-15-23(39(24)35-14-19)18-4-3-5-22(10-18)37-26(41)34-16-27(28,29)30/h3-5,10-15,17,21H,6-9,16,31H2,1-2H3,(H,36,40)(H2,34,37,41). The molecule has 0 spiro atoms. The monoisotopic (exact) mass is 571 g/mol. The minimum Gasteiger partial charge on any atom is -0.404 e. The lowest BCUT2D eigenvalue weighted by atomic mass is 10.1. The Bertz CT molecular complexity index is 1440. The number of hydrogen-bond acceptors (Lipinski definition) is 7. The highest BCUT2D eigenvalue weighted by molar-refractivity contribution is 6.10. The van der Waals surface area contributed by atoms with E-state index in [9.17, 15) is 22.8 Å². The number of amides is 3. The largest absolute Gasteiger partial charge is 0.405 e. The number of urea groups is 1. The van der Waals surface area contributed by atoms with Gasteiger partial charge in [-0.25, -0.2) is 14.3 Å². The van der Waals surface area contributed by atoms with E-state index in [1.54, 1.807) is 59.5 Å². The van der Waals surface area contributed by atoms with Crippen LogP contribution in [0.4, 0.5) is 23.7 Å². The van der Waals surface area contributed by atoms with Crippen molar-refractivity contribution in [3.05, 3.63) is 54.5 Å². The molecule has 1 atom stereocenters. The van der Waals surface area contributed by atoms with Crippen molar-refractivity contribution in [2.45, 2.75) is 38.0 Å². The maximum Gasteiger partial charge on any atom is 0.405 e. The third-order valence-corrected chi connectivity index (χ3v) is 6.62. The van der Waals surface area contributed by atoms with Crippen LogP contribution in [0.25, 0.3) is 22.5 Å². The molecule has 2 aromatic heterocycles. The minimum absolute atomic E-state index is 0.144. The minimum atomic E-state index is -4.51. The third kappa shape index (κ3) is 8.03. The molecule has 1 aromatic carbocycles. The number of likely N-dealkylation sites (tertiary alicyclic amines) is 1. The van der Waals surface area contributed by atoms with Crippen molar-refractivity contribution in [1.82, 2.24) is 30.1 Å². The van der Waals surface area contributed by atoms with Gasteiger partial charge in [0.05, 0.1) is 18.1 Å². The molecule has 0 bridgehead atoms. The predicted molar refractivity (Wildman–Crippen MR) is 150 cm³/mol. The molecule has 3 aromatic rings. The molecule has 0 aliphatic carbocycles. The molecule has 14 heteroatoms. The van der Waals surface area contributed by atoms with Crippen LogP contribution < -0.4 is 21.7 Å². The first-order chi connectivity index (χ1) is 19.5. The molecule has 1 saturated heterocycles. The zero-order valence-corrected chi connectivity index (χ0v) is 22.7. The Hall–Kier alpha value is -4.46. The van der Waals surface area contributed by atoms with Crippen molar-refractivity contribution in [1.29, 1.82) is 0 Å². The number of aromatic nitrogens is 3. The molecule has 1 aliphatic rings. The van der Waals surface area contributed by atoms with Crippen LogP contribution in [0, 0.1) is 0 Å². The molecule has 218 valence electrons. The summed E-state index contributed by atoms with van der Waals surface area (Å²) in [5, 5.41) is 11.7. The maximum atomic E-state index is 12.6. The molecular weight excluding hydrogens is 539 g/mol. The van der Waals surface area contributed by atoms with Gasteiger partial charge in [0, 0.05) is 40.8 Å². The summed E-state index contributed by atoms with van der Waals surface area (Å²) in [6.07, 6.45) is 3.38. The fourth-order valence-electron chi connectivity index (χ4n) is 4.29. The summed E-state index contributed by atoms with van der Waals surface area (Å²) in [6.45, 7) is 2.17. The van der Waals surface area contributed by atoms with Gasteiger partial charge in [0.1, 0.15) is 12.6 Å². The van der Waals surface area contributed by atoms with E-state index in [0.717, 1.165) is 25.9 Å². The maximum absolute atomic E-state index is 12.6. The van der Waals surface area contributed by atoms with E-state index in [4.69, 9.17) is 5.73 Å². The number of carbonyl (C=O) groups excluding carboxylic acids is 2. The summed E-state index contributed by atoms with van der Waals surface area (Å²) in [4.78, 5) is 35.5. The Morgan fingerprint density at radius 3 is 2.68 bits per heavy atom. The number of piperidine rings is 1. The van der Waals surface area contributed by atoms with Gasteiger partial charge in [-0.15, -0.1) is 0 Å². The van der Waals surface area contributed by atoms with Gasteiger partial charge < -0.3 is 26.6 Å². The Kier molecular flexibility index (Phi) is 9.22. The average Bonchev–Trinajstić information content (AvgIpc) is 3.36. The van der Waals surface area contributed by atoms with Gasteiger partial charge in [-0.05, 0) is 58.1 Å². The smallest absolute Gasteiger partial charge is 0.404 e.